The molecule has 0 bridgehead atoms. The van der Waals surface area contributed by atoms with Gasteiger partial charge in [-0.3, -0.25) is 4.79 Å². The van der Waals surface area contributed by atoms with Gasteiger partial charge in [0.15, 0.2) is 0 Å². The first kappa shape index (κ1) is 31.8. The molecule has 1 aliphatic carbocycles. The number of carbonyl (C=O) groups is 1. The molecule has 3 aromatic carbocycles. The Kier molecular flexibility index (Phi) is 11.2. The van der Waals surface area contributed by atoms with E-state index in [9.17, 15) is 4.79 Å². The van der Waals surface area contributed by atoms with Crippen LogP contribution in [-0.4, -0.2) is 22.5 Å². The van der Waals surface area contributed by atoms with Crippen LogP contribution in [0.1, 0.15) is 75.3 Å². The van der Waals surface area contributed by atoms with Crippen LogP contribution in [0.4, 0.5) is 0 Å². The number of thioether (sulfide) groups is 1. The zero-order chi connectivity index (χ0) is 28.1. The fraction of sp³-hybridized carbons (Fsp3) is 0.314. The normalized spacial score (nSPS) is 14.1. The molecule has 3 nitrogen and oxygen atoms in total. The molecule has 1 fully saturated rings. The van der Waals surface area contributed by atoms with E-state index in [0.29, 0.717) is 5.02 Å². The summed E-state index contributed by atoms with van der Waals surface area (Å²) < 4.78 is 5.79. The van der Waals surface area contributed by atoms with Crippen LogP contribution in [0.5, 0.6) is 0 Å². The van der Waals surface area contributed by atoms with Crippen LogP contribution in [0.15, 0.2) is 78.9 Å². The van der Waals surface area contributed by atoms with E-state index in [4.69, 9.17) is 21.3 Å². The van der Waals surface area contributed by atoms with E-state index in [1.54, 1.807) is 0 Å². The van der Waals surface area contributed by atoms with Gasteiger partial charge in [0.1, 0.15) is 5.60 Å². The Bertz CT molecular complexity index is 1540. The summed E-state index contributed by atoms with van der Waals surface area (Å²) in [6.45, 7) is 5.44. The minimum Gasteiger partial charge on any atom is -1.00 e. The molecule has 0 saturated heterocycles. The van der Waals surface area contributed by atoms with Crippen molar-refractivity contribution >= 4 is 52.4 Å². The smallest absolute Gasteiger partial charge is 1.00 e. The van der Waals surface area contributed by atoms with Gasteiger partial charge in [-0.05, 0) is 97.1 Å². The molecule has 0 spiro atoms. The van der Waals surface area contributed by atoms with Crippen molar-refractivity contribution in [2.24, 2.45) is 5.92 Å². The summed E-state index contributed by atoms with van der Waals surface area (Å²) in [7, 11) is 0. The van der Waals surface area contributed by atoms with Crippen molar-refractivity contribution in [2.45, 2.75) is 51.6 Å². The van der Waals surface area contributed by atoms with Gasteiger partial charge in [-0.1, -0.05) is 78.3 Å². The summed E-state index contributed by atoms with van der Waals surface area (Å²) in [6, 6.07) is 27.1. The molecule has 0 radical (unpaired) electrons. The molecule has 4 aromatic rings. The number of fused-ring (bicyclic) bond motifs is 1. The Morgan fingerprint density at radius 2 is 1.85 bits per heavy atom. The second kappa shape index (κ2) is 14.4. The third-order valence-corrected chi connectivity index (χ3v) is 8.89. The van der Waals surface area contributed by atoms with E-state index in [0.717, 1.165) is 45.8 Å². The Balaban J connectivity index is 0.00000242. The molecule has 208 valence electrons. The van der Waals surface area contributed by atoms with Gasteiger partial charge in [-0.2, -0.15) is 11.8 Å². The number of benzene rings is 3. The van der Waals surface area contributed by atoms with Gasteiger partial charge in [0.2, 0.25) is 0 Å². The Hall–Kier alpha value is -2.08. The maximum Gasteiger partial charge on any atom is 1.00 e. The van der Waals surface area contributed by atoms with Crippen LogP contribution in [-0.2, 0) is 15.1 Å². The molecule has 1 unspecified atom stereocenters. The van der Waals surface area contributed by atoms with Crippen LogP contribution in [0.25, 0.3) is 23.1 Å². The van der Waals surface area contributed by atoms with Gasteiger partial charge in [-0.25, -0.2) is 4.98 Å². The molecule has 1 saturated carbocycles. The predicted molar refractivity (Wildman–Crippen MR) is 171 cm³/mol. The number of halogens is 1. The van der Waals surface area contributed by atoms with E-state index in [-0.39, 0.29) is 42.9 Å². The molecule has 0 aliphatic heterocycles. The topological polar surface area (TPSA) is 39.2 Å². The molecular weight excluding hydrogens is 557 g/mol. The van der Waals surface area contributed by atoms with Gasteiger partial charge < -0.3 is 6.16 Å². The average molecular weight is 594 g/mol. The maximum atomic E-state index is 11.9. The van der Waals surface area contributed by atoms with Crippen molar-refractivity contribution in [3.63, 3.8) is 0 Å². The summed E-state index contributed by atoms with van der Waals surface area (Å²) >= 11 is 8.25. The minimum atomic E-state index is -0.718. The van der Waals surface area contributed by atoms with Gasteiger partial charge in [0.05, 0.1) is 11.2 Å². The molecule has 1 aromatic heterocycles. The van der Waals surface area contributed by atoms with Gasteiger partial charge >= 0.3 is 35.5 Å². The zero-order valence-electron chi connectivity index (χ0n) is 25.4. The Labute approximate surface area is 276 Å². The van der Waals surface area contributed by atoms with Crippen molar-refractivity contribution in [1.82, 2.24) is 4.98 Å². The second-order valence-corrected chi connectivity index (χ2v) is 12.7. The molecule has 0 N–H and O–H groups in total. The fourth-order valence-corrected chi connectivity index (χ4v) is 6.66. The number of ether oxygens (including phenoxy) is 1. The van der Waals surface area contributed by atoms with E-state index in [1.165, 1.54) is 36.6 Å². The number of hydrogen-bond acceptors (Lipinski definition) is 4. The molecule has 1 aliphatic rings. The standard InChI is InChI=1S/C35H36ClNO2S.Na.H/c1-24(38)39-35(2,3)33-10-5-4-9-32(33)31(19-20-40-23-26-11-12-26)28-8-6-7-25(21-28)13-17-30-18-15-27-14-16-29(36)22-34(27)37-30;;/h4-10,13-18,21-22,26,31H,11-12,19-20,23H2,1-3H3;;/q;+1;-1/b17-13+;;. The average Bonchev–Trinajstić information content (AvgIpc) is 3.76. The van der Waals surface area contributed by atoms with Crippen LogP contribution < -0.4 is 29.6 Å². The van der Waals surface area contributed by atoms with E-state index < -0.39 is 5.60 Å². The molecule has 41 heavy (non-hydrogen) atoms. The summed E-state index contributed by atoms with van der Waals surface area (Å²) in [5, 5.41) is 1.76. The van der Waals surface area contributed by atoms with E-state index in [1.807, 2.05) is 44.2 Å². The third-order valence-electron chi connectivity index (χ3n) is 7.42. The van der Waals surface area contributed by atoms with Crippen LogP contribution in [0.3, 0.4) is 0 Å². The van der Waals surface area contributed by atoms with E-state index in [2.05, 4.69) is 72.4 Å². The van der Waals surface area contributed by atoms with E-state index >= 15 is 0 Å². The summed E-state index contributed by atoms with van der Waals surface area (Å²) in [4.78, 5) is 16.7. The number of nitrogens with zero attached hydrogens (tertiary/aromatic N) is 1. The summed E-state index contributed by atoms with van der Waals surface area (Å²) in [5.41, 5.74) is 5.72. The molecule has 6 heteroatoms. The number of esters is 1. The number of hydrogen-bond donors (Lipinski definition) is 0. The van der Waals surface area contributed by atoms with Crippen molar-refractivity contribution in [2.75, 3.05) is 11.5 Å². The molecule has 5 rings (SSSR count). The minimum absolute atomic E-state index is 0. The van der Waals surface area contributed by atoms with Crippen molar-refractivity contribution in [3.05, 3.63) is 112 Å². The van der Waals surface area contributed by atoms with Crippen LogP contribution in [0.2, 0.25) is 5.02 Å². The van der Waals surface area contributed by atoms with Crippen molar-refractivity contribution < 1.29 is 40.5 Å². The summed E-state index contributed by atoms with van der Waals surface area (Å²) in [6.07, 6.45) is 7.95. The van der Waals surface area contributed by atoms with Gasteiger partial charge in [0.25, 0.3) is 0 Å². The molecule has 1 heterocycles. The SMILES string of the molecule is CC(=O)OC(C)(C)c1ccccc1C(CCSCC1CC1)c1cccc(/C=C/c2ccc3ccc(Cl)cc3n2)c1.[H-].[Na+]. The van der Waals surface area contributed by atoms with Crippen LogP contribution in [0, 0.1) is 5.92 Å². The number of rotatable bonds is 11. The first-order chi connectivity index (χ1) is 19.3. The molecule has 1 atom stereocenters. The number of aromatic nitrogens is 1. The van der Waals surface area contributed by atoms with Crippen molar-refractivity contribution in [3.8, 4) is 0 Å². The van der Waals surface area contributed by atoms with Gasteiger partial charge in [0, 0.05) is 23.3 Å². The number of carbonyl (C=O) groups excluding carboxylic acids is 1. The Morgan fingerprint density at radius 1 is 1.07 bits per heavy atom. The third kappa shape index (κ3) is 8.72. The molecule has 0 amide bonds. The second-order valence-electron chi connectivity index (χ2n) is 11.1. The monoisotopic (exact) mass is 593 g/mol. The number of pyridine rings is 1. The predicted octanol–water partition coefficient (Wildman–Crippen LogP) is 6.64. The van der Waals surface area contributed by atoms with Gasteiger partial charge in [-0.15, -0.1) is 0 Å². The summed E-state index contributed by atoms with van der Waals surface area (Å²) in [5.74, 6) is 3.17. The quantitative estimate of drug-likeness (QED) is 0.111. The zero-order valence-corrected chi connectivity index (χ0v) is 28.0. The largest absolute Gasteiger partial charge is 1.00 e. The van der Waals surface area contributed by atoms with Crippen molar-refractivity contribution in [1.29, 1.82) is 0 Å². The first-order valence-electron chi connectivity index (χ1n) is 14.0. The molecular formula is C35H37ClNNaO2S. The Morgan fingerprint density at radius 3 is 2.63 bits per heavy atom. The van der Waals surface area contributed by atoms with Crippen LogP contribution >= 0.6 is 23.4 Å². The fourth-order valence-electron chi connectivity index (χ4n) is 5.26. The maximum absolute atomic E-state index is 11.9. The first-order valence-corrected chi connectivity index (χ1v) is 15.5.